The van der Waals surface area contributed by atoms with Gasteiger partial charge in [0.25, 0.3) is 5.91 Å². The average molecular weight is 564 g/mol. The van der Waals surface area contributed by atoms with Gasteiger partial charge in [-0.1, -0.05) is 12.1 Å². The van der Waals surface area contributed by atoms with Crippen molar-refractivity contribution in [2.45, 2.75) is 0 Å². The van der Waals surface area contributed by atoms with Crippen LogP contribution in [0.15, 0.2) is 60.7 Å². The van der Waals surface area contributed by atoms with Crippen LogP contribution in [0, 0.1) is 0 Å². The molecule has 3 aromatic carbocycles. The van der Waals surface area contributed by atoms with E-state index in [0.29, 0.717) is 54.7 Å². The molecule has 0 aromatic heterocycles. The topological polar surface area (TPSA) is 114 Å². The first-order chi connectivity index (χ1) is 20.0. The summed E-state index contributed by atoms with van der Waals surface area (Å²) in [5.74, 6) is 1.65. The molecule has 0 unspecified atom stereocenters. The number of piperazine rings is 1. The maximum Gasteiger partial charge on any atom is 0.323 e. The van der Waals surface area contributed by atoms with E-state index >= 15 is 0 Å². The molecule has 1 fully saturated rings. The van der Waals surface area contributed by atoms with E-state index in [9.17, 15) is 9.59 Å². The summed E-state index contributed by atoms with van der Waals surface area (Å²) in [5, 5.41) is 8.51. The summed E-state index contributed by atoms with van der Waals surface area (Å²) in [5.41, 5.74) is 3.26. The molecule has 0 aliphatic carbocycles. The van der Waals surface area contributed by atoms with Gasteiger partial charge in [-0.25, -0.2) is 4.79 Å². The number of amides is 3. The fourth-order valence-corrected chi connectivity index (χ4v) is 4.70. The van der Waals surface area contributed by atoms with Crippen molar-refractivity contribution in [1.82, 2.24) is 5.32 Å². The van der Waals surface area contributed by atoms with Crippen LogP contribution in [-0.2, 0) is 4.74 Å². The van der Waals surface area contributed by atoms with Crippen molar-refractivity contribution in [3.8, 4) is 17.2 Å². The number of carbonyl (C=O) groups is 2. The summed E-state index contributed by atoms with van der Waals surface area (Å²) in [6.07, 6.45) is 0. The van der Waals surface area contributed by atoms with Gasteiger partial charge in [-0.3, -0.25) is 4.79 Å². The Hall–Kier alpha value is -4.64. The number of hydrogen-bond acceptors (Lipinski definition) is 8. The molecular formula is C30H37N5O6. The molecule has 0 atom stereocenters. The Bertz CT molecular complexity index is 1340. The summed E-state index contributed by atoms with van der Waals surface area (Å²) < 4.78 is 21.2. The molecule has 11 nitrogen and oxygen atoms in total. The molecule has 0 bridgehead atoms. The van der Waals surface area contributed by atoms with Crippen LogP contribution in [0.2, 0.25) is 0 Å². The van der Waals surface area contributed by atoms with Gasteiger partial charge >= 0.3 is 6.03 Å². The van der Waals surface area contributed by atoms with Gasteiger partial charge in [0.15, 0.2) is 0 Å². The zero-order valence-corrected chi connectivity index (χ0v) is 23.9. The number of urea groups is 1. The third-order valence-electron chi connectivity index (χ3n) is 6.79. The maximum atomic E-state index is 13.2. The van der Waals surface area contributed by atoms with Crippen LogP contribution in [-0.4, -0.2) is 79.7 Å². The highest BCUT2D eigenvalue weighted by atomic mass is 16.5. The van der Waals surface area contributed by atoms with Crippen molar-refractivity contribution < 1.29 is 28.5 Å². The minimum atomic E-state index is -0.475. The fraction of sp³-hybridized carbons (Fsp3) is 0.333. The predicted octanol–water partition coefficient (Wildman–Crippen LogP) is 4.06. The van der Waals surface area contributed by atoms with E-state index in [1.165, 1.54) is 7.11 Å². The van der Waals surface area contributed by atoms with Crippen molar-refractivity contribution in [3.63, 3.8) is 0 Å². The van der Waals surface area contributed by atoms with E-state index in [4.69, 9.17) is 18.9 Å². The number of nitrogens with zero attached hydrogens (tertiary/aromatic N) is 2. The van der Waals surface area contributed by atoms with Crippen molar-refractivity contribution in [1.29, 1.82) is 0 Å². The molecule has 4 rings (SSSR count). The predicted molar refractivity (Wildman–Crippen MR) is 160 cm³/mol. The second-order valence-corrected chi connectivity index (χ2v) is 9.27. The highest BCUT2D eigenvalue weighted by molar-refractivity contribution is 6.04. The maximum absolute atomic E-state index is 13.2. The number of carbonyl (C=O) groups excluding carboxylic acids is 2. The fourth-order valence-electron chi connectivity index (χ4n) is 4.70. The second-order valence-electron chi connectivity index (χ2n) is 9.27. The molecule has 1 aliphatic heterocycles. The van der Waals surface area contributed by atoms with Gasteiger partial charge in [0.2, 0.25) is 0 Å². The minimum Gasteiger partial charge on any atom is -0.497 e. The van der Waals surface area contributed by atoms with Gasteiger partial charge in [0.1, 0.15) is 17.2 Å². The zero-order valence-electron chi connectivity index (χ0n) is 23.9. The van der Waals surface area contributed by atoms with E-state index in [0.717, 1.165) is 30.2 Å². The van der Waals surface area contributed by atoms with E-state index < -0.39 is 6.03 Å². The molecule has 1 saturated heterocycles. The molecule has 1 aliphatic rings. The normalized spacial score (nSPS) is 12.9. The van der Waals surface area contributed by atoms with E-state index in [1.807, 2.05) is 24.3 Å². The van der Waals surface area contributed by atoms with Gasteiger partial charge in [0, 0.05) is 57.3 Å². The van der Waals surface area contributed by atoms with Crippen LogP contribution in [0.1, 0.15) is 10.4 Å². The first-order valence-corrected chi connectivity index (χ1v) is 13.3. The van der Waals surface area contributed by atoms with Crippen molar-refractivity contribution in [3.05, 3.63) is 66.2 Å². The Morgan fingerprint density at radius 2 is 1.46 bits per heavy atom. The second kappa shape index (κ2) is 14.1. The lowest BCUT2D eigenvalue weighted by Gasteiger charge is -2.38. The summed E-state index contributed by atoms with van der Waals surface area (Å²) in [6, 6.07) is 17.9. The summed E-state index contributed by atoms with van der Waals surface area (Å²) in [7, 11) is 6.33. The molecule has 41 heavy (non-hydrogen) atoms. The van der Waals surface area contributed by atoms with Crippen LogP contribution in [0.25, 0.3) is 0 Å². The van der Waals surface area contributed by atoms with E-state index in [1.54, 1.807) is 51.7 Å². The van der Waals surface area contributed by atoms with E-state index in [-0.39, 0.29) is 5.91 Å². The van der Waals surface area contributed by atoms with Gasteiger partial charge in [-0.05, 0) is 42.5 Å². The number of hydrogen-bond donors (Lipinski definition) is 3. The van der Waals surface area contributed by atoms with Gasteiger partial charge in [-0.15, -0.1) is 0 Å². The Morgan fingerprint density at radius 1 is 0.756 bits per heavy atom. The van der Waals surface area contributed by atoms with Crippen LogP contribution < -0.4 is 40.0 Å². The zero-order chi connectivity index (χ0) is 29.2. The number of nitrogens with one attached hydrogen (secondary N) is 3. The van der Waals surface area contributed by atoms with E-state index in [2.05, 4.69) is 31.8 Å². The monoisotopic (exact) mass is 563 g/mol. The number of rotatable bonds is 11. The van der Waals surface area contributed by atoms with Gasteiger partial charge < -0.3 is 44.7 Å². The number of benzene rings is 3. The molecule has 0 saturated carbocycles. The number of anilines is 4. The lowest BCUT2D eigenvalue weighted by molar-refractivity contribution is 0.0937. The Morgan fingerprint density at radius 3 is 2.15 bits per heavy atom. The number of para-hydroxylation sites is 2. The number of ether oxygens (including phenoxy) is 4. The lowest BCUT2D eigenvalue weighted by atomic mass is 10.1. The van der Waals surface area contributed by atoms with Crippen molar-refractivity contribution in [2.75, 3.05) is 88.2 Å². The largest absolute Gasteiger partial charge is 0.497 e. The molecular weight excluding hydrogens is 526 g/mol. The van der Waals surface area contributed by atoms with Crippen molar-refractivity contribution >= 4 is 34.7 Å². The Balaban J connectivity index is 1.50. The van der Waals surface area contributed by atoms with Crippen LogP contribution in [0.5, 0.6) is 17.2 Å². The summed E-state index contributed by atoms with van der Waals surface area (Å²) in [6.45, 7) is 3.70. The van der Waals surface area contributed by atoms with Crippen LogP contribution >= 0.6 is 0 Å². The highest BCUT2D eigenvalue weighted by Crippen LogP contribution is 2.32. The van der Waals surface area contributed by atoms with Gasteiger partial charge in [-0.2, -0.15) is 0 Å². The van der Waals surface area contributed by atoms with Crippen LogP contribution in [0.3, 0.4) is 0 Å². The molecule has 3 N–H and O–H groups in total. The first kappa shape index (κ1) is 29.3. The van der Waals surface area contributed by atoms with Crippen LogP contribution in [0.4, 0.5) is 27.5 Å². The Labute approximate surface area is 240 Å². The first-order valence-electron chi connectivity index (χ1n) is 13.3. The molecule has 3 aromatic rings. The third kappa shape index (κ3) is 7.31. The number of methoxy groups -OCH3 is 4. The third-order valence-corrected chi connectivity index (χ3v) is 6.79. The molecule has 3 amide bonds. The Kier molecular flexibility index (Phi) is 10.1. The molecule has 218 valence electrons. The molecule has 0 radical (unpaired) electrons. The molecule has 11 heteroatoms. The molecule has 0 spiro atoms. The minimum absolute atomic E-state index is 0.245. The average Bonchev–Trinajstić information content (AvgIpc) is 3.01. The summed E-state index contributed by atoms with van der Waals surface area (Å²) >= 11 is 0. The smallest absolute Gasteiger partial charge is 0.323 e. The lowest BCUT2D eigenvalue weighted by Crippen LogP contribution is -2.47. The molecule has 1 heterocycles. The van der Waals surface area contributed by atoms with Gasteiger partial charge in [0.05, 0.1) is 44.9 Å². The quantitative estimate of drug-likeness (QED) is 0.300. The SMILES string of the molecule is COCCNC(=O)c1cc(NC(=O)Nc2ccc(OC)cc2OC)ccc1N1CCN(c2ccccc2OC)CC1. The summed E-state index contributed by atoms with van der Waals surface area (Å²) in [4.78, 5) is 30.6. The highest BCUT2D eigenvalue weighted by Gasteiger charge is 2.24. The van der Waals surface area contributed by atoms with Crippen molar-refractivity contribution in [2.24, 2.45) is 0 Å². The standard InChI is InChI=1S/C30H37N5O6/c1-38-18-13-31-29(36)23-19-21(32-30(37)33-24-11-10-22(39-2)20-28(24)41-4)9-12-25(23)34-14-16-35(17-15-34)26-7-5-6-8-27(26)40-3/h5-12,19-20H,13-18H2,1-4H3,(H,31,36)(H2,32,33,37).